The summed E-state index contributed by atoms with van der Waals surface area (Å²) in [5.41, 5.74) is 0.730. The molecule has 0 heterocycles. The van der Waals surface area contributed by atoms with Gasteiger partial charge in [0.25, 0.3) is 0 Å². The molecule has 0 aliphatic carbocycles. The van der Waals surface area contributed by atoms with E-state index < -0.39 is 11.6 Å². The number of aryl methyl sites for hydroxylation is 1. The second-order valence-electron chi connectivity index (χ2n) is 1.92. The average Bonchev–Trinajstić information content (AvgIpc) is 1.80. The minimum absolute atomic E-state index is 0. The van der Waals surface area contributed by atoms with Gasteiger partial charge in [0, 0.05) is 1.43 Å². The molecule has 0 unspecified atom stereocenters. The van der Waals surface area contributed by atoms with Crippen molar-refractivity contribution in [3.05, 3.63) is 35.4 Å². The van der Waals surface area contributed by atoms with E-state index in [1.165, 1.54) is 6.07 Å². The molecular weight excluding hydrogens is 122 g/mol. The molecule has 0 aliphatic rings. The topological polar surface area (TPSA) is 0 Å². The third kappa shape index (κ3) is 1.25. The van der Waals surface area contributed by atoms with Crippen LogP contribution < -0.4 is 0 Å². The van der Waals surface area contributed by atoms with Gasteiger partial charge in [0.1, 0.15) is 0 Å². The van der Waals surface area contributed by atoms with Gasteiger partial charge in [0.15, 0.2) is 11.6 Å². The number of benzene rings is 1. The molecule has 0 radical (unpaired) electrons. The van der Waals surface area contributed by atoms with Crippen molar-refractivity contribution < 1.29 is 10.2 Å². The Labute approximate surface area is 53.6 Å². The fourth-order valence-electron chi connectivity index (χ4n) is 0.601. The SMILES string of the molecule is Cc1ccc(F)c(F)c1.[HH]. The van der Waals surface area contributed by atoms with Crippen LogP contribution in [0.25, 0.3) is 0 Å². The highest BCUT2D eigenvalue weighted by Gasteiger charge is 1.97. The Kier molecular flexibility index (Phi) is 1.47. The monoisotopic (exact) mass is 130 g/mol. The summed E-state index contributed by atoms with van der Waals surface area (Å²) < 4.78 is 24.3. The van der Waals surface area contributed by atoms with Gasteiger partial charge in [-0.25, -0.2) is 8.78 Å². The van der Waals surface area contributed by atoms with E-state index in [0.717, 1.165) is 17.7 Å². The minimum atomic E-state index is -0.791. The molecule has 2 heteroatoms. The molecule has 50 valence electrons. The van der Waals surface area contributed by atoms with Gasteiger partial charge in [-0.1, -0.05) is 6.07 Å². The largest absolute Gasteiger partial charge is 0.204 e. The Morgan fingerprint density at radius 3 is 2.33 bits per heavy atom. The fraction of sp³-hybridized carbons (Fsp3) is 0.143. The Morgan fingerprint density at radius 2 is 1.89 bits per heavy atom. The van der Waals surface area contributed by atoms with E-state index >= 15 is 0 Å². The highest BCUT2D eigenvalue weighted by molar-refractivity contribution is 5.15. The van der Waals surface area contributed by atoms with Gasteiger partial charge in [-0.3, -0.25) is 0 Å². The van der Waals surface area contributed by atoms with Crippen LogP contribution in [0.4, 0.5) is 8.78 Å². The number of hydrogen-bond donors (Lipinski definition) is 0. The lowest BCUT2D eigenvalue weighted by Gasteiger charge is -1.91. The van der Waals surface area contributed by atoms with Crippen molar-refractivity contribution in [2.24, 2.45) is 0 Å². The van der Waals surface area contributed by atoms with Crippen LogP contribution in [0, 0.1) is 18.6 Å². The van der Waals surface area contributed by atoms with Crippen molar-refractivity contribution in [2.75, 3.05) is 0 Å². The van der Waals surface area contributed by atoms with E-state index in [1.54, 1.807) is 6.92 Å². The molecule has 0 N–H and O–H groups in total. The molecule has 0 atom stereocenters. The number of rotatable bonds is 0. The van der Waals surface area contributed by atoms with E-state index in [-0.39, 0.29) is 1.43 Å². The zero-order chi connectivity index (χ0) is 6.85. The smallest absolute Gasteiger partial charge is 0.159 e. The van der Waals surface area contributed by atoms with Gasteiger partial charge < -0.3 is 0 Å². The van der Waals surface area contributed by atoms with Gasteiger partial charge >= 0.3 is 0 Å². The fourth-order valence-corrected chi connectivity index (χ4v) is 0.601. The summed E-state index contributed by atoms with van der Waals surface area (Å²) in [6.45, 7) is 1.71. The van der Waals surface area contributed by atoms with Crippen molar-refractivity contribution in [3.8, 4) is 0 Å². The molecule has 0 fully saturated rings. The molecule has 0 aromatic heterocycles. The Bertz CT molecular complexity index is 223. The van der Waals surface area contributed by atoms with Crippen LogP contribution in [0.5, 0.6) is 0 Å². The molecule has 1 aromatic carbocycles. The summed E-state index contributed by atoms with van der Waals surface area (Å²) in [6.07, 6.45) is 0. The summed E-state index contributed by atoms with van der Waals surface area (Å²) >= 11 is 0. The molecule has 0 spiro atoms. The quantitative estimate of drug-likeness (QED) is 0.506. The van der Waals surface area contributed by atoms with Gasteiger partial charge in [-0.2, -0.15) is 0 Å². The van der Waals surface area contributed by atoms with Crippen molar-refractivity contribution in [3.63, 3.8) is 0 Å². The first-order valence-corrected chi connectivity index (χ1v) is 2.62. The predicted molar refractivity (Wildman–Crippen MR) is 33.2 cm³/mol. The molecule has 0 nitrogen and oxygen atoms in total. The highest BCUT2D eigenvalue weighted by atomic mass is 19.2. The maximum Gasteiger partial charge on any atom is 0.159 e. The molecule has 0 aliphatic heterocycles. The summed E-state index contributed by atoms with van der Waals surface area (Å²) in [7, 11) is 0. The molecule has 0 saturated heterocycles. The third-order valence-electron chi connectivity index (χ3n) is 1.08. The number of hydrogen-bond acceptors (Lipinski definition) is 0. The normalized spacial score (nSPS) is 9.67. The first-order valence-electron chi connectivity index (χ1n) is 2.62. The maximum atomic E-state index is 12.2. The molecule has 0 bridgehead atoms. The predicted octanol–water partition coefficient (Wildman–Crippen LogP) is 2.52. The lowest BCUT2D eigenvalue weighted by molar-refractivity contribution is 0.508. The minimum Gasteiger partial charge on any atom is -0.204 e. The van der Waals surface area contributed by atoms with Crippen LogP contribution in [0.2, 0.25) is 0 Å². The first-order chi connectivity index (χ1) is 4.20. The van der Waals surface area contributed by atoms with Gasteiger partial charge in [-0.15, -0.1) is 0 Å². The second kappa shape index (κ2) is 2.13. The van der Waals surface area contributed by atoms with E-state index in [9.17, 15) is 8.78 Å². The van der Waals surface area contributed by atoms with Crippen molar-refractivity contribution in [1.29, 1.82) is 0 Å². The lowest BCUT2D eigenvalue weighted by atomic mass is 10.2. The van der Waals surface area contributed by atoms with E-state index in [0.29, 0.717) is 0 Å². The first kappa shape index (κ1) is 6.20. The third-order valence-corrected chi connectivity index (χ3v) is 1.08. The Hall–Kier alpha value is -0.920. The van der Waals surface area contributed by atoms with Gasteiger partial charge in [-0.05, 0) is 24.6 Å². The summed E-state index contributed by atoms with van der Waals surface area (Å²) in [5, 5.41) is 0. The van der Waals surface area contributed by atoms with Crippen LogP contribution in [0.15, 0.2) is 18.2 Å². The Balaban J connectivity index is 0.000000810. The molecule has 0 saturated carbocycles. The van der Waals surface area contributed by atoms with Crippen LogP contribution in [0.1, 0.15) is 6.99 Å². The molecule has 9 heavy (non-hydrogen) atoms. The van der Waals surface area contributed by atoms with Crippen molar-refractivity contribution in [2.45, 2.75) is 6.92 Å². The molecule has 0 amide bonds. The van der Waals surface area contributed by atoms with E-state index in [1.807, 2.05) is 0 Å². The number of halogens is 2. The zero-order valence-corrected chi connectivity index (χ0v) is 4.99. The van der Waals surface area contributed by atoms with Crippen molar-refractivity contribution in [1.82, 2.24) is 0 Å². The van der Waals surface area contributed by atoms with Gasteiger partial charge in [0.05, 0.1) is 0 Å². The van der Waals surface area contributed by atoms with Gasteiger partial charge in [0.2, 0.25) is 0 Å². The van der Waals surface area contributed by atoms with Crippen LogP contribution in [-0.2, 0) is 0 Å². The maximum absolute atomic E-state index is 12.2. The highest BCUT2D eigenvalue weighted by Crippen LogP contribution is 2.06. The molecular formula is C7H8F2. The summed E-state index contributed by atoms with van der Waals surface area (Å²) in [4.78, 5) is 0. The van der Waals surface area contributed by atoms with E-state index in [2.05, 4.69) is 0 Å². The standard InChI is InChI=1S/C7H6F2.H2/c1-5-2-3-6(8)7(9)4-5;/h2-4H,1H3;1H. The average molecular weight is 130 g/mol. The van der Waals surface area contributed by atoms with E-state index in [4.69, 9.17) is 0 Å². The lowest BCUT2D eigenvalue weighted by Crippen LogP contribution is -1.82. The van der Waals surface area contributed by atoms with Crippen LogP contribution in [-0.4, -0.2) is 0 Å². The van der Waals surface area contributed by atoms with Crippen LogP contribution >= 0.6 is 0 Å². The molecule has 1 rings (SSSR count). The second-order valence-corrected chi connectivity index (χ2v) is 1.92. The Morgan fingerprint density at radius 1 is 1.22 bits per heavy atom. The van der Waals surface area contributed by atoms with Crippen LogP contribution in [0.3, 0.4) is 0 Å². The summed E-state index contributed by atoms with van der Waals surface area (Å²) in [5.74, 6) is -1.57. The van der Waals surface area contributed by atoms with Crippen molar-refractivity contribution >= 4 is 0 Å². The molecule has 1 aromatic rings. The zero-order valence-electron chi connectivity index (χ0n) is 4.99. The summed E-state index contributed by atoms with van der Waals surface area (Å²) in [6, 6.07) is 3.80.